The van der Waals surface area contributed by atoms with Gasteiger partial charge in [-0.3, -0.25) is 0 Å². The Balaban J connectivity index is 2.19. The molecule has 5 heteroatoms. The Bertz CT molecular complexity index is 676. The number of rotatable bonds is 2. The van der Waals surface area contributed by atoms with E-state index < -0.39 is 5.82 Å². The molecule has 0 saturated carbocycles. The second kappa shape index (κ2) is 4.31. The summed E-state index contributed by atoms with van der Waals surface area (Å²) in [6, 6.07) is 6.66. The van der Waals surface area contributed by atoms with Crippen LogP contribution in [0.5, 0.6) is 0 Å². The molecule has 18 heavy (non-hydrogen) atoms. The lowest BCUT2D eigenvalue weighted by Gasteiger charge is -2.03. The zero-order valence-corrected chi connectivity index (χ0v) is 9.91. The van der Waals surface area contributed by atoms with Crippen molar-refractivity contribution in [2.45, 2.75) is 0 Å². The molecule has 2 aromatic heterocycles. The molecular formula is C13H8ClFN2O. The zero-order chi connectivity index (χ0) is 12.5. The summed E-state index contributed by atoms with van der Waals surface area (Å²) in [5, 5.41) is 3.80. The van der Waals surface area contributed by atoms with E-state index in [2.05, 4.69) is 10.1 Å². The molecule has 0 saturated heterocycles. The molecule has 3 rings (SSSR count). The Morgan fingerprint density at radius 3 is 2.89 bits per heavy atom. The van der Waals surface area contributed by atoms with Gasteiger partial charge < -0.3 is 9.51 Å². The van der Waals surface area contributed by atoms with Gasteiger partial charge in [0.05, 0.1) is 16.8 Å². The lowest BCUT2D eigenvalue weighted by atomic mass is 10.0. The molecule has 0 aliphatic rings. The first-order chi connectivity index (χ1) is 8.77. The van der Waals surface area contributed by atoms with Crippen LogP contribution >= 0.6 is 11.6 Å². The predicted molar refractivity (Wildman–Crippen MR) is 66.7 cm³/mol. The van der Waals surface area contributed by atoms with Crippen LogP contribution in [0.3, 0.4) is 0 Å². The van der Waals surface area contributed by atoms with Gasteiger partial charge in [0.25, 0.3) is 0 Å². The molecule has 3 nitrogen and oxygen atoms in total. The Hall–Kier alpha value is -2.07. The first kappa shape index (κ1) is 11.0. The van der Waals surface area contributed by atoms with Crippen LogP contribution in [0.2, 0.25) is 5.02 Å². The molecule has 0 unspecified atom stereocenters. The molecular weight excluding hydrogens is 255 g/mol. The highest BCUT2D eigenvalue weighted by atomic mass is 35.5. The van der Waals surface area contributed by atoms with Crippen molar-refractivity contribution in [3.05, 3.63) is 53.7 Å². The van der Waals surface area contributed by atoms with Gasteiger partial charge in [0.15, 0.2) is 5.76 Å². The molecule has 0 amide bonds. The largest absolute Gasteiger partial charge is 0.367 e. The van der Waals surface area contributed by atoms with Gasteiger partial charge in [-0.15, -0.1) is 0 Å². The van der Waals surface area contributed by atoms with E-state index in [0.29, 0.717) is 16.9 Å². The van der Waals surface area contributed by atoms with Gasteiger partial charge in [-0.25, -0.2) is 4.39 Å². The van der Waals surface area contributed by atoms with E-state index in [-0.39, 0.29) is 5.02 Å². The minimum atomic E-state index is -0.473. The number of nitrogens with zero attached hydrogens (tertiary/aromatic N) is 1. The van der Waals surface area contributed by atoms with Crippen molar-refractivity contribution in [3.63, 3.8) is 0 Å². The normalized spacial score (nSPS) is 10.8. The van der Waals surface area contributed by atoms with E-state index in [1.165, 1.54) is 12.3 Å². The molecule has 3 aromatic rings. The Kier molecular flexibility index (Phi) is 2.64. The van der Waals surface area contributed by atoms with Gasteiger partial charge in [0, 0.05) is 23.5 Å². The summed E-state index contributed by atoms with van der Waals surface area (Å²) in [5.74, 6) is 0.0385. The third kappa shape index (κ3) is 1.71. The molecule has 0 aliphatic heterocycles. The van der Waals surface area contributed by atoms with Crippen molar-refractivity contribution in [2.75, 3.05) is 0 Å². The Morgan fingerprint density at radius 2 is 2.11 bits per heavy atom. The van der Waals surface area contributed by atoms with E-state index >= 15 is 0 Å². The van der Waals surface area contributed by atoms with Crippen molar-refractivity contribution in [1.29, 1.82) is 0 Å². The van der Waals surface area contributed by atoms with Crippen LogP contribution in [0.1, 0.15) is 0 Å². The number of hydrogen-bond donors (Lipinski definition) is 1. The van der Waals surface area contributed by atoms with Gasteiger partial charge in [-0.2, -0.15) is 0 Å². The SMILES string of the molecule is Fc1c(Cl)cccc1-c1cnoc1-c1cc[nH]c1. The van der Waals surface area contributed by atoms with Crippen LogP contribution in [0.25, 0.3) is 22.5 Å². The maximum Gasteiger partial charge on any atom is 0.176 e. The second-order valence-electron chi connectivity index (χ2n) is 3.77. The maximum absolute atomic E-state index is 14.0. The van der Waals surface area contributed by atoms with E-state index in [9.17, 15) is 4.39 Å². The minimum Gasteiger partial charge on any atom is -0.367 e. The molecule has 0 atom stereocenters. The fourth-order valence-electron chi connectivity index (χ4n) is 1.82. The van der Waals surface area contributed by atoms with Crippen molar-refractivity contribution in [2.24, 2.45) is 0 Å². The van der Waals surface area contributed by atoms with Gasteiger partial charge in [-0.1, -0.05) is 28.9 Å². The molecule has 0 bridgehead atoms. The van der Waals surface area contributed by atoms with Crippen LogP contribution in [-0.2, 0) is 0 Å². The molecule has 1 N–H and O–H groups in total. The van der Waals surface area contributed by atoms with Crippen LogP contribution in [0.15, 0.2) is 47.4 Å². The van der Waals surface area contributed by atoms with Crippen molar-refractivity contribution in [3.8, 4) is 22.5 Å². The predicted octanol–water partition coefficient (Wildman–Crippen LogP) is 4.13. The minimum absolute atomic E-state index is 0.0775. The number of halogens is 2. The van der Waals surface area contributed by atoms with Gasteiger partial charge >= 0.3 is 0 Å². The van der Waals surface area contributed by atoms with E-state index in [4.69, 9.17) is 16.1 Å². The van der Waals surface area contributed by atoms with E-state index in [1.54, 1.807) is 24.5 Å². The summed E-state index contributed by atoms with van der Waals surface area (Å²) < 4.78 is 19.2. The number of nitrogens with one attached hydrogen (secondary N) is 1. The maximum atomic E-state index is 14.0. The lowest BCUT2D eigenvalue weighted by Crippen LogP contribution is -1.85. The smallest absolute Gasteiger partial charge is 0.176 e. The third-order valence-corrected chi connectivity index (χ3v) is 2.96. The summed E-state index contributed by atoms with van der Waals surface area (Å²) in [6.07, 6.45) is 5.00. The quantitative estimate of drug-likeness (QED) is 0.754. The van der Waals surface area contributed by atoms with Crippen LogP contribution in [-0.4, -0.2) is 10.1 Å². The van der Waals surface area contributed by atoms with Crippen molar-refractivity contribution in [1.82, 2.24) is 10.1 Å². The zero-order valence-electron chi connectivity index (χ0n) is 9.15. The highest BCUT2D eigenvalue weighted by Gasteiger charge is 2.17. The third-order valence-electron chi connectivity index (χ3n) is 2.67. The van der Waals surface area contributed by atoms with Crippen LogP contribution in [0.4, 0.5) is 4.39 Å². The standard InChI is InChI=1S/C13H8ClFN2O/c14-11-3-1-2-9(12(11)15)10-7-17-18-13(10)8-4-5-16-6-8/h1-7,16H. The first-order valence-corrected chi connectivity index (χ1v) is 5.67. The molecule has 0 radical (unpaired) electrons. The summed E-state index contributed by atoms with van der Waals surface area (Å²) in [4.78, 5) is 2.92. The lowest BCUT2D eigenvalue weighted by molar-refractivity contribution is 0.432. The summed E-state index contributed by atoms with van der Waals surface area (Å²) in [7, 11) is 0. The topological polar surface area (TPSA) is 41.8 Å². The van der Waals surface area contributed by atoms with Gasteiger partial charge in [-0.05, 0) is 12.1 Å². The van der Waals surface area contributed by atoms with Crippen LogP contribution < -0.4 is 0 Å². The molecule has 0 spiro atoms. The molecule has 1 aromatic carbocycles. The highest BCUT2D eigenvalue weighted by molar-refractivity contribution is 6.31. The van der Waals surface area contributed by atoms with E-state index in [0.717, 1.165) is 5.56 Å². The fourth-order valence-corrected chi connectivity index (χ4v) is 1.99. The first-order valence-electron chi connectivity index (χ1n) is 5.29. The average molecular weight is 263 g/mol. The summed E-state index contributed by atoms with van der Waals surface area (Å²) in [5.41, 5.74) is 1.76. The Morgan fingerprint density at radius 1 is 1.22 bits per heavy atom. The van der Waals surface area contributed by atoms with E-state index in [1.807, 2.05) is 6.07 Å². The van der Waals surface area contributed by atoms with Gasteiger partial charge in [0.1, 0.15) is 5.82 Å². The molecule has 90 valence electrons. The van der Waals surface area contributed by atoms with Crippen molar-refractivity contribution >= 4 is 11.6 Å². The number of aromatic nitrogens is 2. The molecule has 0 fully saturated rings. The average Bonchev–Trinajstić information content (AvgIpc) is 3.01. The van der Waals surface area contributed by atoms with Gasteiger partial charge in [0.2, 0.25) is 0 Å². The number of hydrogen-bond acceptors (Lipinski definition) is 2. The monoisotopic (exact) mass is 262 g/mol. The van der Waals surface area contributed by atoms with Crippen molar-refractivity contribution < 1.29 is 8.91 Å². The Labute approximate surface area is 107 Å². The fraction of sp³-hybridized carbons (Fsp3) is 0. The highest BCUT2D eigenvalue weighted by Crippen LogP contribution is 2.35. The second-order valence-corrected chi connectivity index (χ2v) is 4.18. The number of H-pyrrole nitrogens is 1. The molecule has 2 heterocycles. The number of benzene rings is 1. The summed E-state index contributed by atoms with van der Waals surface area (Å²) in [6.45, 7) is 0. The number of aromatic amines is 1. The summed E-state index contributed by atoms with van der Waals surface area (Å²) >= 11 is 5.78. The van der Waals surface area contributed by atoms with Crippen LogP contribution in [0, 0.1) is 5.82 Å². The molecule has 0 aliphatic carbocycles.